The van der Waals surface area contributed by atoms with Crippen molar-refractivity contribution in [1.29, 1.82) is 0 Å². The summed E-state index contributed by atoms with van der Waals surface area (Å²) in [7, 11) is -4.73. The lowest BCUT2D eigenvalue weighted by Crippen LogP contribution is -2.27. The summed E-state index contributed by atoms with van der Waals surface area (Å²) in [4.78, 5) is -0.0327. The van der Waals surface area contributed by atoms with E-state index in [1.54, 1.807) is 0 Å². The van der Waals surface area contributed by atoms with E-state index in [-0.39, 0.29) is 28.6 Å². The van der Waals surface area contributed by atoms with E-state index in [0.29, 0.717) is 0 Å². The van der Waals surface area contributed by atoms with Crippen LogP contribution in [0.15, 0.2) is 23.1 Å². The van der Waals surface area contributed by atoms with Gasteiger partial charge in [0.2, 0.25) is 10.0 Å². The molecule has 0 saturated carbocycles. The van der Waals surface area contributed by atoms with Crippen LogP contribution in [0.3, 0.4) is 0 Å². The van der Waals surface area contributed by atoms with Gasteiger partial charge in [0.1, 0.15) is 5.75 Å². The third-order valence-corrected chi connectivity index (χ3v) is 4.23. The average molecular weight is 278 g/mol. The molecule has 1 rings (SSSR count). The normalized spacial score (nSPS) is 13.5. The van der Waals surface area contributed by atoms with Crippen LogP contribution in [0, 0.1) is 0 Å². The summed E-state index contributed by atoms with van der Waals surface area (Å²) in [5.41, 5.74) is 5.40. The molecule has 0 saturated heterocycles. The number of rotatable bonds is 5. The summed E-state index contributed by atoms with van der Waals surface area (Å²) in [5, 5.41) is 9.18. The molecule has 1 unspecified atom stereocenters. The lowest BCUT2D eigenvalue weighted by Gasteiger charge is -2.07. The van der Waals surface area contributed by atoms with Crippen molar-refractivity contribution in [2.24, 2.45) is 0 Å². The van der Waals surface area contributed by atoms with E-state index >= 15 is 0 Å². The number of nitrogens with two attached hydrogens (primary N) is 1. The molecule has 1 aromatic rings. The Bertz CT molecular complexity index is 528. The van der Waals surface area contributed by atoms with E-state index in [1.165, 1.54) is 24.5 Å². The summed E-state index contributed by atoms with van der Waals surface area (Å²) < 4.78 is 36.5. The van der Waals surface area contributed by atoms with Gasteiger partial charge in [0, 0.05) is 29.4 Å². The lowest BCUT2D eigenvalue weighted by atomic mass is 10.3. The first-order valence-electron chi connectivity index (χ1n) is 4.71. The standard InChI is InChI=1S/C9H14N2O4S2/c1-16(13)5-4-11-17(14,15)7-2-3-9(12)8(10)6-7/h2-3,6,11-12H,4-5,10H2,1H3. The monoisotopic (exact) mass is 278 g/mol. The number of nitrogens with one attached hydrogen (secondary N) is 1. The van der Waals surface area contributed by atoms with Crippen LogP contribution in [-0.4, -0.2) is 36.3 Å². The van der Waals surface area contributed by atoms with E-state index in [1.807, 2.05) is 0 Å². The number of hydrogen-bond donors (Lipinski definition) is 3. The Morgan fingerprint density at radius 3 is 2.65 bits per heavy atom. The zero-order valence-electron chi connectivity index (χ0n) is 9.21. The van der Waals surface area contributed by atoms with Gasteiger partial charge < -0.3 is 10.8 Å². The molecule has 1 atom stereocenters. The Morgan fingerprint density at radius 1 is 1.47 bits per heavy atom. The van der Waals surface area contributed by atoms with Gasteiger partial charge in [-0.1, -0.05) is 0 Å². The molecule has 0 fully saturated rings. The van der Waals surface area contributed by atoms with Gasteiger partial charge in [0.15, 0.2) is 0 Å². The lowest BCUT2D eigenvalue weighted by molar-refractivity contribution is 0.477. The number of phenolic OH excluding ortho intramolecular Hbond substituents is 1. The van der Waals surface area contributed by atoms with E-state index in [9.17, 15) is 17.7 Å². The predicted molar refractivity (Wildman–Crippen MR) is 66.6 cm³/mol. The molecule has 1 aromatic carbocycles. The molecule has 96 valence electrons. The maximum Gasteiger partial charge on any atom is 0.240 e. The van der Waals surface area contributed by atoms with Crippen molar-refractivity contribution in [3.8, 4) is 5.75 Å². The second-order valence-corrected chi connectivity index (χ2v) is 6.72. The number of benzene rings is 1. The SMILES string of the molecule is CS(=O)CCNS(=O)(=O)c1ccc(O)c(N)c1. The summed E-state index contributed by atoms with van der Waals surface area (Å²) in [5.74, 6) is 0.0749. The van der Waals surface area contributed by atoms with Crippen LogP contribution in [0.25, 0.3) is 0 Å². The summed E-state index contributed by atoms with van der Waals surface area (Å²) in [6.07, 6.45) is 1.49. The summed E-state index contributed by atoms with van der Waals surface area (Å²) >= 11 is 0. The van der Waals surface area contributed by atoms with Crippen LogP contribution < -0.4 is 10.5 Å². The highest BCUT2D eigenvalue weighted by Gasteiger charge is 2.14. The first-order chi connectivity index (χ1) is 7.83. The first-order valence-corrected chi connectivity index (χ1v) is 7.92. The molecule has 17 heavy (non-hydrogen) atoms. The second kappa shape index (κ2) is 5.48. The maximum absolute atomic E-state index is 11.7. The fraction of sp³-hybridized carbons (Fsp3) is 0.333. The van der Waals surface area contributed by atoms with Crippen LogP contribution in [0.1, 0.15) is 0 Å². The minimum absolute atomic E-state index is 0.00746. The molecule has 4 N–H and O–H groups in total. The van der Waals surface area contributed by atoms with Crippen LogP contribution in [0.5, 0.6) is 5.75 Å². The minimum Gasteiger partial charge on any atom is -0.506 e. The molecule has 0 heterocycles. The number of sulfonamides is 1. The van der Waals surface area contributed by atoms with Gasteiger partial charge in [0.25, 0.3) is 0 Å². The Balaban J connectivity index is 2.82. The molecular formula is C9H14N2O4S2. The van der Waals surface area contributed by atoms with Crippen molar-refractivity contribution < 1.29 is 17.7 Å². The second-order valence-electron chi connectivity index (χ2n) is 3.40. The maximum atomic E-state index is 11.7. The predicted octanol–water partition coefficient (Wildman–Crippen LogP) is -0.369. The van der Waals surface area contributed by atoms with Gasteiger partial charge in [-0.3, -0.25) is 4.21 Å². The van der Waals surface area contributed by atoms with Gasteiger partial charge in [0.05, 0.1) is 10.6 Å². The molecule has 0 radical (unpaired) electrons. The zero-order chi connectivity index (χ0) is 13.1. The zero-order valence-corrected chi connectivity index (χ0v) is 10.8. The van der Waals surface area contributed by atoms with Gasteiger partial charge in [-0.2, -0.15) is 0 Å². The largest absolute Gasteiger partial charge is 0.506 e. The van der Waals surface area contributed by atoms with E-state index in [0.717, 1.165) is 0 Å². The molecule has 0 amide bonds. The topological polar surface area (TPSA) is 109 Å². The Labute approximate surface area is 102 Å². The number of anilines is 1. The van der Waals surface area contributed by atoms with Crippen molar-refractivity contribution in [2.45, 2.75) is 4.90 Å². The molecule has 0 bridgehead atoms. The quantitative estimate of drug-likeness (QED) is 0.503. The fourth-order valence-electron chi connectivity index (χ4n) is 1.10. The highest BCUT2D eigenvalue weighted by Crippen LogP contribution is 2.22. The molecule has 0 spiro atoms. The van der Waals surface area contributed by atoms with Crippen molar-refractivity contribution in [3.63, 3.8) is 0 Å². The van der Waals surface area contributed by atoms with Crippen molar-refractivity contribution in [3.05, 3.63) is 18.2 Å². The molecule has 8 heteroatoms. The van der Waals surface area contributed by atoms with Crippen LogP contribution in [0.2, 0.25) is 0 Å². The number of nitrogen functional groups attached to an aromatic ring is 1. The van der Waals surface area contributed by atoms with Crippen LogP contribution >= 0.6 is 0 Å². The van der Waals surface area contributed by atoms with Crippen LogP contribution in [0.4, 0.5) is 5.69 Å². The molecular weight excluding hydrogens is 264 g/mol. The number of aromatic hydroxyl groups is 1. The van der Waals surface area contributed by atoms with Crippen LogP contribution in [-0.2, 0) is 20.8 Å². The highest BCUT2D eigenvalue weighted by atomic mass is 32.2. The third kappa shape index (κ3) is 3.99. The third-order valence-electron chi connectivity index (χ3n) is 1.99. The summed E-state index contributed by atoms with van der Waals surface area (Å²) in [6.45, 7) is 0.0895. The van der Waals surface area contributed by atoms with E-state index in [4.69, 9.17) is 5.73 Å². The Kier molecular flexibility index (Phi) is 4.49. The van der Waals surface area contributed by atoms with Gasteiger partial charge >= 0.3 is 0 Å². The molecule has 0 aromatic heterocycles. The van der Waals surface area contributed by atoms with Crippen molar-refractivity contribution in [2.75, 3.05) is 24.3 Å². The summed E-state index contributed by atoms with van der Waals surface area (Å²) in [6, 6.07) is 3.62. The van der Waals surface area contributed by atoms with Gasteiger partial charge in [-0.25, -0.2) is 13.1 Å². The van der Waals surface area contributed by atoms with Gasteiger partial charge in [-0.15, -0.1) is 0 Å². The first kappa shape index (κ1) is 13.9. The fourth-order valence-corrected chi connectivity index (χ4v) is 2.69. The molecule has 6 nitrogen and oxygen atoms in total. The van der Waals surface area contributed by atoms with Crippen molar-refractivity contribution >= 4 is 26.5 Å². The average Bonchev–Trinajstić information content (AvgIpc) is 2.21. The number of hydrogen-bond acceptors (Lipinski definition) is 5. The highest BCUT2D eigenvalue weighted by molar-refractivity contribution is 7.89. The van der Waals surface area contributed by atoms with E-state index in [2.05, 4.69) is 4.72 Å². The molecule has 0 aliphatic rings. The van der Waals surface area contributed by atoms with E-state index < -0.39 is 20.8 Å². The van der Waals surface area contributed by atoms with Crippen molar-refractivity contribution in [1.82, 2.24) is 4.72 Å². The minimum atomic E-state index is -3.67. The Morgan fingerprint density at radius 2 is 2.12 bits per heavy atom. The number of phenols is 1. The molecule has 0 aliphatic heterocycles. The van der Waals surface area contributed by atoms with Gasteiger partial charge in [-0.05, 0) is 18.2 Å². The Hall–Kier alpha value is -1.12. The smallest absolute Gasteiger partial charge is 0.240 e. The molecule has 0 aliphatic carbocycles.